The molecule has 4 rings (SSSR count). The zero-order chi connectivity index (χ0) is 20.2. The average molecular weight is 392 g/mol. The molecule has 29 heavy (non-hydrogen) atoms. The number of aromatic hydroxyl groups is 1. The molecule has 1 aliphatic heterocycles. The summed E-state index contributed by atoms with van der Waals surface area (Å²) in [5, 5.41) is 14.9. The molecule has 0 amide bonds. The number of benzene rings is 2. The molecule has 152 valence electrons. The van der Waals surface area contributed by atoms with E-state index in [4.69, 9.17) is 0 Å². The van der Waals surface area contributed by atoms with Crippen LogP contribution in [-0.2, 0) is 6.42 Å². The molecule has 3 aromatic rings. The van der Waals surface area contributed by atoms with Crippen molar-refractivity contribution in [1.29, 1.82) is 0 Å². The van der Waals surface area contributed by atoms with Crippen LogP contribution in [0.1, 0.15) is 11.1 Å². The summed E-state index contributed by atoms with van der Waals surface area (Å²) in [5.74, 6) is 1.29. The molecule has 6 heteroatoms. The lowest BCUT2D eigenvalue weighted by Gasteiger charge is -2.37. The van der Waals surface area contributed by atoms with Crippen molar-refractivity contribution in [1.82, 2.24) is 15.2 Å². The molecule has 3 N–H and O–H groups in total. The number of guanidine groups is 1. The molecule has 0 spiro atoms. The van der Waals surface area contributed by atoms with Gasteiger partial charge in [0.1, 0.15) is 5.75 Å². The van der Waals surface area contributed by atoms with Crippen LogP contribution in [0.15, 0.2) is 53.7 Å². The molecule has 1 aromatic heterocycles. The zero-order valence-corrected chi connectivity index (χ0v) is 17.2. The van der Waals surface area contributed by atoms with E-state index >= 15 is 0 Å². The third-order valence-electron chi connectivity index (χ3n) is 5.61. The van der Waals surface area contributed by atoms with Crippen molar-refractivity contribution < 1.29 is 5.11 Å². The number of phenolic OH excluding ortho intramolecular Hbond substituents is 1. The van der Waals surface area contributed by atoms with Gasteiger partial charge in [-0.1, -0.05) is 24.3 Å². The summed E-state index contributed by atoms with van der Waals surface area (Å²) in [7, 11) is 1.84. The minimum absolute atomic E-state index is 0.345. The van der Waals surface area contributed by atoms with Crippen LogP contribution in [0.2, 0.25) is 0 Å². The van der Waals surface area contributed by atoms with Gasteiger partial charge in [0.05, 0.1) is 5.69 Å². The molecule has 6 nitrogen and oxygen atoms in total. The number of para-hydroxylation sites is 2. The molecule has 0 aliphatic carbocycles. The van der Waals surface area contributed by atoms with Crippen molar-refractivity contribution in [2.45, 2.75) is 13.3 Å². The summed E-state index contributed by atoms with van der Waals surface area (Å²) in [4.78, 5) is 12.4. The second kappa shape index (κ2) is 8.47. The lowest BCUT2D eigenvalue weighted by Crippen LogP contribution is -2.52. The Morgan fingerprint density at radius 1 is 1.14 bits per heavy atom. The van der Waals surface area contributed by atoms with E-state index in [-0.39, 0.29) is 0 Å². The van der Waals surface area contributed by atoms with E-state index < -0.39 is 0 Å². The number of aryl methyl sites for hydroxylation is 1. The molecular formula is C23H29N5O. The predicted molar refractivity (Wildman–Crippen MR) is 120 cm³/mol. The summed E-state index contributed by atoms with van der Waals surface area (Å²) >= 11 is 0. The smallest absolute Gasteiger partial charge is 0.193 e. The fourth-order valence-electron chi connectivity index (χ4n) is 4.04. The summed E-state index contributed by atoms with van der Waals surface area (Å²) in [6, 6.07) is 14.1. The van der Waals surface area contributed by atoms with Crippen molar-refractivity contribution in [2.24, 2.45) is 4.99 Å². The Balaban J connectivity index is 1.31. The van der Waals surface area contributed by atoms with Gasteiger partial charge in [-0.05, 0) is 42.7 Å². The Hall–Kier alpha value is -3.15. The molecule has 0 radical (unpaired) electrons. The maximum atomic E-state index is 10.1. The van der Waals surface area contributed by atoms with Crippen molar-refractivity contribution in [3.63, 3.8) is 0 Å². The Morgan fingerprint density at radius 3 is 2.69 bits per heavy atom. The predicted octanol–water partition coefficient (Wildman–Crippen LogP) is 3.12. The van der Waals surface area contributed by atoms with Gasteiger partial charge in [-0.15, -0.1) is 0 Å². The van der Waals surface area contributed by atoms with E-state index in [9.17, 15) is 5.11 Å². The van der Waals surface area contributed by atoms with Crippen molar-refractivity contribution in [2.75, 3.05) is 44.7 Å². The number of rotatable bonds is 4. The Labute approximate surface area is 171 Å². The van der Waals surface area contributed by atoms with E-state index in [1.165, 1.54) is 22.0 Å². The molecule has 2 heterocycles. The standard InChI is InChI=1S/C23H29N5O/c1-17-7-8-19-18(16-26-20(19)15-17)9-10-25-23(24-2)28-13-11-27(12-14-28)21-5-3-4-6-22(21)29/h3-8,15-16,26,29H,9-14H2,1-2H3,(H,24,25). The second-order valence-corrected chi connectivity index (χ2v) is 7.55. The van der Waals surface area contributed by atoms with Gasteiger partial charge in [0.2, 0.25) is 0 Å². The van der Waals surface area contributed by atoms with E-state index in [1.54, 1.807) is 6.07 Å². The van der Waals surface area contributed by atoms with Gasteiger partial charge >= 0.3 is 0 Å². The van der Waals surface area contributed by atoms with Crippen LogP contribution in [0.25, 0.3) is 10.9 Å². The average Bonchev–Trinajstić information content (AvgIpc) is 3.14. The highest BCUT2D eigenvalue weighted by molar-refractivity contribution is 5.84. The first kappa shape index (κ1) is 19.2. The van der Waals surface area contributed by atoms with Gasteiger partial charge < -0.3 is 25.2 Å². The molecular weight excluding hydrogens is 362 g/mol. The summed E-state index contributed by atoms with van der Waals surface area (Å²) in [5.41, 5.74) is 4.70. The number of nitrogens with zero attached hydrogens (tertiary/aromatic N) is 3. The van der Waals surface area contributed by atoms with Crippen molar-refractivity contribution in [3.05, 3.63) is 59.8 Å². The first-order valence-corrected chi connectivity index (χ1v) is 10.2. The fourth-order valence-corrected chi connectivity index (χ4v) is 4.04. The SMILES string of the molecule is CN=C(NCCc1c[nH]c2cc(C)ccc12)N1CCN(c2ccccc2O)CC1. The first-order chi connectivity index (χ1) is 14.2. The van der Waals surface area contributed by atoms with Crippen LogP contribution in [-0.4, -0.2) is 60.7 Å². The number of H-pyrrole nitrogens is 1. The highest BCUT2D eigenvalue weighted by atomic mass is 16.3. The summed E-state index contributed by atoms with van der Waals surface area (Å²) in [6.07, 6.45) is 3.06. The minimum Gasteiger partial charge on any atom is -0.506 e. The van der Waals surface area contributed by atoms with E-state index in [0.717, 1.165) is 50.8 Å². The topological polar surface area (TPSA) is 66.9 Å². The van der Waals surface area contributed by atoms with Crippen LogP contribution in [0.3, 0.4) is 0 Å². The van der Waals surface area contributed by atoms with Crippen LogP contribution < -0.4 is 10.2 Å². The molecule has 1 fully saturated rings. The summed E-state index contributed by atoms with van der Waals surface area (Å²) < 4.78 is 0. The Bertz CT molecular complexity index is 1000. The normalized spacial score (nSPS) is 15.2. The molecule has 0 saturated carbocycles. The number of aromatic amines is 1. The van der Waals surface area contributed by atoms with Gasteiger partial charge in [-0.2, -0.15) is 0 Å². The van der Waals surface area contributed by atoms with Gasteiger partial charge in [0.25, 0.3) is 0 Å². The third-order valence-corrected chi connectivity index (χ3v) is 5.61. The monoisotopic (exact) mass is 391 g/mol. The lowest BCUT2D eigenvalue weighted by molar-refractivity contribution is 0.370. The van der Waals surface area contributed by atoms with Crippen molar-refractivity contribution in [3.8, 4) is 5.75 Å². The quantitative estimate of drug-likeness (QED) is 0.472. The van der Waals surface area contributed by atoms with Gasteiger partial charge in [-0.25, -0.2) is 0 Å². The summed E-state index contributed by atoms with van der Waals surface area (Å²) in [6.45, 7) is 6.43. The van der Waals surface area contributed by atoms with Gasteiger partial charge in [0, 0.05) is 56.9 Å². The number of piperazine rings is 1. The second-order valence-electron chi connectivity index (χ2n) is 7.55. The van der Waals surface area contributed by atoms with Crippen LogP contribution in [0.4, 0.5) is 5.69 Å². The van der Waals surface area contributed by atoms with E-state index in [2.05, 4.69) is 56.4 Å². The van der Waals surface area contributed by atoms with E-state index in [1.807, 2.05) is 25.2 Å². The van der Waals surface area contributed by atoms with Crippen LogP contribution in [0.5, 0.6) is 5.75 Å². The minimum atomic E-state index is 0.345. The number of phenols is 1. The van der Waals surface area contributed by atoms with Crippen LogP contribution in [0, 0.1) is 6.92 Å². The van der Waals surface area contributed by atoms with Crippen LogP contribution >= 0.6 is 0 Å². The molecule has 0 unspecified atom stereocenters. The number of hydrogen-bond donors (Lipinski definition) is 3. The number of aliphatic imine (C=N–C) groups is 1. The molecule has 2 aromatic carbocycles. The van der Waals surface area contributed by atoms with Gasteiger partial charge in [0.15, 0.2) is 5.96 Å². The van der Waals surface area contributed by atoms with E-state index in [0.29, 0.717) is 5.75 Å². The zero-order valence-electron chi connectivity index (χ0n) is 17.2. The highest BCUT2D eigenvalue weighted by Crippen LogP contribution is 2.27. The Kier molecular flexibility index (Phi) is 5.60. The number of anilines is 1. The maximum absolute atomic E-state index is 10.1. The lowest BCUT2D eigenvalue weighted by atomic mass is 10.1. The fraction of sp³-hybridized carbons (Fsp3) is 0.348. The third kappa shape index (κ3) is 4.16. The molecule has 1 saturated heterocycles. The molecule has 1 aliphatic rings. The highest BCUT2D eigenvalue weighted by Gasteiger charge is 2.21. The number of fused-ring (bicyclic) bond motifs is 1. The first-order valence-electron chi connectivity index (χ1n) is 10.2. The molecule has 0 atom stereocenters. The molecule has 0 bridgehead atoms. The maximum Gasteiger partial charge on any atom is 0.193 e. The number of nitrogens with one attached hydrogen (secondary N) is 2. The number of aromatic nitrogens is 1. The number of hydrogen-bond acceptors (Lipinski definition) is 3. The Morgan fingerprint density at radius 2 is 1.93 bits per heavy atom. The van der Waals surface area contributed by atoms with Gasteiger partial charge in [-0.3, -0.25) is 4.99 Å². The largest absolute Gasteiger partial charge is 0.506 e. The van der Waals surface area contributed by atoms with Crippen molar-refractivity contribution >= 4 is 22.5 Å².